The van der Waals surface area contributed by atoms with Crippen molar-refractivity contribution in [1.82, 2.24) is 15.0 Å². The van der Waals surface area contributed by atoms with Gasteiger partial charge in [0.05, 0.1) is 17.0 Å². The van der Waals surface area contributed by atoms with E-state index in [1.807, 2.05) is 13.8 Å². The van der Waals surface area contributed by atoms with Gasteiger partial charge in [-0.2, -0.15) is 0 Å². The van der Waals surface area contributed by atoms with E-state index in [1.165, 1.54) is 0 Å². The summed E-state index contributed by atoms with van der Waals surface area (Å²) in [6, 6.07) is 0.138. The van der Waals surface area contributed by atoms with Crippen molar-refractivity contribution >= 4 is 21.4 Å². The van der Waals surface area contributed by atoms with Gasteiger partial charge < -0.3 is 5.32 Å². The Kier molecular flexibility index (Phi) is 5.51. The second kappa shape index (κ2) is 6.44. The normalized spacial score (nSPS) is 13.8. The van der Waals surface area contributed by atoms with E-state index >= 15 is 0 Å². The van der Waals surface area contributed by atoms with Crippen LogP contribution in [0.3, 0.4) is 0 Å². The lowest BCUT2D eigenvalue weighted by Crippen LogP contribution is -2.32. The van der Waals surface area contributed by atoms with E-state index in [0.29, 0.717) is 13.1 Å². The average molecular weight is 277 g/mol. The minimum absolute atomic E-state index is 0.100. The van der Waals surface area contributed by atoms with E-state index < -0.39 is 10.0 Å². The molecule has 1 rings (SSSR count). The number of sulfonamides is 1. The monoisotopic (exact) mass is 277 g/mol. The highest BCUT2D eigenvalue weighted by Crippen LogP contribution is 2.20. The number of aryl methyl sites for hydroxylation is 1. The number of aromatic nitrogens is 1. The molecule has 5 nitrogen and oxygen atoms in total. The molecular formula is C10H19N3O2S2. The van der Waals surface area contributed by atoms with Gasteiger partial charge in [-0.3, -0.25) is 0 Å². The third-order valence-electron chi connectivity index (χ3n) is 2.36. The predicted octanol–water partition coefficient (Wildman–Crippen LogP) is 1.04. The van der Waals surface area contributed by atoms with Crippen LogP contribution in [0.2, 0.25) is 0 Å². The van der Waals surface area contributed by atoms with Crippen LogP contribution in [0, 0.1) is 6.92 Å². The lowest BCUT2D eigenvalue weighted by Gasteiger charge is -2.12. The summed E-state index contributed by atoms with van der Waals surface area (Å²) in [4.78, 5) is 5.33. The van der Waals surface area contributed by atoms with Crippen LogP contribution in [-0.4, -0.2) is 32.2 Å². The number of nitrogens with zero attached hydrogens (tertiary/aromatic N) is 1. The van der Waals surface area contributed by atoms with E-state index in [2.05, 4.69) is 15.0 Å². The quantitative estimate of drug-likeness (QED) is 0.781. The summed E-state index contributed by atoms with van der Waals surface area (Å²) in [5.74, 6) is 0.100. The molecule has 0 radical (unpaired) electrons. The fourth-order valence-electron chi connectivity index (χ4n) is 1.52. The minimum Gasteiger partial charge on any atom is -0.308 e. The van der Waals surface area contributed by atoms with Gasteiger partial charge in [0.1, 0.15) is 0 Å². The van der Waals surface area contributed by atoms with E-state index in [1.54, 1.807) is 23.8 Å². The molecule has 0 bridgehead atoms. The summed E-state index contributed by atoms with van der Waals surface area (Å²) in [7, 11) is -3.13. The van der Waals surface area contributed by atoms with Crippen LogP contribution in [0.1, 0.15) is 30.5 Å². The van der Waals surface area contributed by atoms with E-state index in [9.17, 15) is 8.42 Å². The van der Waals surface area contributed by atoms with Crippen molar-refractivity contribution in [3.8, 4) is 0 Å². The van der Waals surface area contributed by atoms with Gasteiger partial charge in [-0.05, 0) is 13.8 Å². The van der Waals surface area contributed by atoms with E-state index in [4.69, 9.17) is 0 Å². The molecule has 1 aromatic rings. The molecule has 1 heterocycles. The molecule has 98 valence electrons. The average Bonchev–Trinajstić information content (AvgIpc) is 2.63. The van der Waals surface area contributed by atoms with E-state index in [-0.39, 0.29) is 11.8 Å². The van der Waals surface area contributed by atoms with Crippen molar-refractivity contribution in [2.75, 3.05) is 18.8 Å². The van der Waals surface area contributed by atoms with Crippen LogP contribution in [0.15, 0.2) is 5.51 Å². The Balaban J connectivity index is 2.40. The van der Waals surface area contributed by atoms with Gasteiger partial charge in [0.2, 0.25) is 10.0 Å². The zero-order chi connectivity index (χ0) is 12.9. The largest absolute Gasteiger partial charge is 0.308 e. The second-order valence-corrected chi connectivity index (χ2v) is 6.61. The molecule has 17 heavy (non-hydrogen) atoms. The Labute approximate surface area is 107 Å². The Bertz CT molecular complexity index is 442. The first kappa shape index (κ1) is 14.6. The Morgan fingerprint density at radius 3 is 2.76 bits per heavy atom. The SMILES string of the molecule is CCNS(=O)(=O)CCNC(C)c1scnc1C. The maximum atomic E-state index is 11.4. The molecule has 7 heteroatoms. The van der Waals surface area contributed by atoms with E-state index in [0.717, 1.165) is 10.6 Å². The third kappa shape index (κ3) is 4.71. The molecule has 1 atom stereocenters. The number of nitrogens with one attached hydrogen (secondary N) is 2. The fourth-order valence-corrected chi connectivity index (χ4v) is 3.33. The molecule has 0 saturated heterocycles. The van der Waals surface area contributed by atoms with Crippen molar-refractivity contribution < 1.29 is 8.42 Å². The molecule has 0 aliphatic heterocycles. The highest BCUT2D eigenvalue weighted by Gasteiger charge is 2.12. The molecule has 0 saturated carbocycles. The van der Waals surface area contributed by atoms with Crippen molar-refractivity contribution in [3.05, 3.63) is 16.1 Å². The number of hydrogen-bond donors (Lipinski definition) is 2. The smallest absolute Gasteiger partial charge is 0.212 e. The molecule has 1 aromatic heterocycles. The molecule has 0 fully saturated rings. The first-order valence-electron chi connectivity index (χ1n) is 5.57. The van der Waals surface area contributed by atoms with Crippen LogP contribution < -0.4 is 10.0 Å². The lowest BCUT2D eigenvalue weighted by atomic mass is 10.2. The molecular weight excluding hydrogens is 258 g/mol. The molecule has 2 N–H and O–H groups in total. The molecule has 0 spiro atoms. The second-order valence-electron chi connectivity index (χ2n) is 3.79. The summed E-state index contributed by atoms with van der Waals surface area (Å²) in [5, 5.41) is 3.19. The summed E-state index contributed by atoms with van der Waals surface area (Å²) < 4.78 is 25.3. The number of hydrogen-bond acceptors (Lipinski definition) is 5. The van der Waals surface area contributed by atoms with Crippen molar-refractivity contribution in [2.24, 2.45) is 0 Å². The lowest BCUT2D eigenvalue weighted by molar-refractivity contribution is 0.566. The third-order valence-corrected chi connectivity index (χ3v) is 4.95. The zero-order valence-electron chi connectivity index (χ0n) is 10.4. The summed E-state index contributed by atoms with van der Waals surface area (Å²) in [6.07, 6.45) is 0. The van der Waals surface area contributed by atoms with Gasteiger partial charge in [0, 0.05) is 24.0 Å². The fraction of sp³-hybridized carbons (Fsp3) is 0.700. The van der Waals surface area contributed by atoms with Crippen LogP contribution in [0.5, 0.6) is 0 Å². The van der Waals surface area contributed by atoms with Crippen LogP contribution in [0.25, 0.3) is 0 Å². The topological polar surface area (TPSA) is 71.1 Å². The van der Waals surface area contributed by atoms with Gasteiger partial charge in [0.25, 0.3) is 0 Å². The van der Waals surface area contributed by atoms with Crippen molar-refractivity contribution in [3.63, 3.8) is 0 Å². The van der Waals surface area contributed by atoms with Crippen molar-refractivity contribution in [2.45, 2.75) is 26.8 Å². The Hall–Kier alpha value is -0.500. The van der Waals surface area contributed by atoms with Crippen LogP contribution >= 0.6 is 11.3 Å². The molecule has 0 aromatic carbocycles. The maximum absolute atomic E-state index is 11.4. The number of rotatable bonds is 7. The minimum atomic E-state index is -3.13. The highest BCUT2D eigenvalue weighted by atomic mass is 32.2. The standard InChI is InChI=1S/C10H19N3O2S2/c1-4-13-17(14,15)6-5-11-8(2)10-9(3)12-7-16-10/h7-8,11,13H,4-6H2,1-3H3. The summed E-state index contributed by atoms with van der Waals surface area (Å²) in [6.45, 7) is 6.62. The van der Waals surface area contributed by atoms with Crippen molar-refractivity contribution in [1.29, 1.82) is 0 Å². The molecule has 0 amide bonds. The first-order valence-corrected chi connectivity index (χ1v) is 8.10. The molecule has 0 aliphatic rings. The first-order chi connectivity index (χ1) is 7.96. The molecule has 0 aliphatic carbocycles. The highest BCUT2D eigenvalue weighted by molar-refractivity contribution is 7.89. The van der Waals surface area contributed by atoms with Gasteiger partial charge in [-0.25, -0.2) is 18.1 Å². The predicted molar refractivity (Wildman–Crippen MR) is 70.7 cm³/mol. The van der Waals surface area contributed by atoms with Crippen LogP contribution in [0.4, 0.5) is 0 Å². The van der Waals surface area contributed by atoms with Gasteiger partial charge in [-0.1, -0.05) is 6.92 Å². The summed E-state index contributed by atoms with van der Waals surface area (Å²) in [5.41, 5.74) is 2.81. The molecule has 1 unspecified atom stereocenters. The van der Waals surface area contributed by atoms with Gasteiger partial charge in [0.15, 0.2) is 0 Å². The number of thiazole rings is 1. The maximum Gasteiger partial charge on any atom is 0.212 e. The zero-order valence-corrected chi connectivity index (χ0v) is 12.0. The van der Waals surface area contributed by atoms with Gasteiger partial charge >= 0.3 is 0 Å². The summed E-state index contributed by atoms with van der Waals surface area (Å²) >= 11 is 1.59. The Morgan fingerprint density at radius 2 is 2.24 bits per heavy atom. The van der Waals surface area contributed by atoms with Gasteiger partial charge in [-0.15, -0.1) is 11.3 Å². The van der Waals surface area contributed by atoms with Crippen LogP contribution in [-0.2, 0) is 10.0 Å². The Morgan fingerprint density at radius 1 is 1.53 bits per heavy atom.